The first-order valence-corrected chi connectivity index (χ1v) is 12.9. The smallest absolute Gasteiger partial charge is 0.281 e. The number of phenols is 1. The molecule has 210 valence electrons. The molecule has 9 nitrogen and oxygen atoms in total. The van der Waals surface area contributed by atoms with Crippen LogP contribution < -0.4 is 10.5 Å². The number of carbonyl (C=O) groups is 2. The third kappa shape index (κ3) is 4.43. The highest BCUT2D eigenvalue weighted by Gasteiger charge is 2.33. The Balaban J connectivity index is 2.01. The summed E-state index contributed by atoms with van der Waals surface area (Å²) in [5.41, 5.74) is 0.0226. The van der Waals surface area contributed by atoms with Crippen molar-refractivity contribution in [2.75, 3.05) is 18.5 Å². The van der Waals surface area contributed by atoms with E-state index in [1.165, 1.54) is 28.6 Å². The maximum Gasteiger partial charge on any atom is 0.281 e. The van der Waals surface area contributed by atoms with E-state index < -0.39 is 46.0 Å². The number of phenolic OH excluding ortho intramolecular Hbond substituents is 1. The fourth-order valence-electron chi connectivity index (χ4n) is 5.18. The largest absolute Gasteiger partial charge is 0.507 e. The lowest BCUT2D eigenvalue weighted by molar-refractivity contribution is -0.131. The zero-order chi connectivity index (χ0) is 29.7. The lowest BCUT2D eigenvalue weighted by Gasteiger charge is -2.24. The van der Waals surface area contributed by atoms with Crippen LogP contribution in [0.4, 0.5) is 14.5 Å². The maximum absolute atomic E-state index is 15.8. The summed E-state index contributed by atoms with van der Waals surface area (Å²) in [6, 6.07) is 6.33. The molecule has 0 spiro atoms. The van der Waals surface area contributed by atoms with Crippen LogP contribution in [-0.4, -0.2) is 49.9 Å². The molecule has 2 amide bonds. The molecule has 3 aromatic heterocycles. The van der Waals surface area contributed by atoms with Gasteiger partial charge >= 0.3 is 0 Å². The minimum atomic E-state index is -0.975. The van der Waals surface area contributed by atoms with Gasteiger partial charge in [-0.1, -0.05) is 26.5 Å². The molecule has 1 aliphatic rings. The molecule has 1 aliphatic heterocycles. The van der Waals surface area contributed by atoms with Crippen molar-refractivity contribution < 1.29 is 23.5 Å². The first-order chi connectivity index (χ1) is 19.5. The van der Waals surface area contributed by atoms with Gasteiger partial charge in [0, 0.05) is 30.7 Å². The van der Waals surface area contributed by atoms with Crippen molar-refractivity contribution in [3.8, 4) is 22.7 Å². The fourth-order valence-corrected chi connectivity index (χ4v) is 5.18. The fraction of sp³-hybridized carbons (Fsp3) is 0.233. The van der Waals surface area contributed by atoms with Gasteiger partial charge in [0.25, 0.3) is 5.56 Å². The van der Waals surface area contributed by atoms with E-state index in [4.69, 9.17) is 0 Å². The number of halogens is 2. The first-order valence-electron chi connectivity index (χ1n) is 12.9. The number of fused-ring (bicyclic) bond motifs is 3. The molecule has 4 heterocycles. The highest BCUT2D eigenvalue weighted by atomic mass is 19.1. The summed E-state index contributed by atoms with van der Waals surface area (Å²) in [5, 5.41) is 10.6. The SMILES string of the molecule is C=CC(=O)N1CC(=O)N(C)c2c(c3cc(F)c(-c4c(O)cccc4F)nc3n(-c3c(C)ccnc3C(C)C)c2=O)C1. The maximum atomic E-state index is 15.8. The lowest BCUT2D eigenvalue weighted by atomic mass is 10.0. The summed E-state index contributed by atoms with van der Waals surface area (Å²) >= 11 is 0. The Morgan fingerprint density at radius 1 is 1.12 bits per heavy atom. The second kappa shape index (κ2) is 10.2. The lowest BCUT2D eigenvalue weighted by Crippen LogP contribution is -2.39. The van der Waals surface area contributed by atoms with Crippen molar-refractivity contribution in [2.45, 2.75) is 33.2 Å². The predicted octanol–water partition coefficient (Wildman–Crippen LogP) is 4.35. The molecule has 1 aromatic carbocycles. The van der Waals surface area contributed by atoms with E-state index >= 15 is 4.39 Å². The molecular formula is C30H27F2N5O4. The number of hydrogen-bond donors (Lipinski definition) is 1. The number of amides is 2. The summed E-state index contributed by atoms with van der Waals surface area (Å²) in [6.07, 6.45) is 2.66. The van der Waals surface area contributed by atoms with Crippen LogP contribution >= 0.6 is 0 Å². The number of anilines is 1. The Labute approximate surface area is 234 Å². The van der Waals surface area contributed by atoms with Crippen LogP contribution in [0.15, 0.2) is 54.0 Å². The van der Waals surface area contributed by atoms with Crippen molar-refractivity contribution in [1.29, 1.82) is 0 Å². The number of aromatic hydroxyl groups is 1. The second-order valence-electron chi connectivity index (χ2n) is 10.2. The Hall–Kier alpha value is -4.93. The minimum absolute atomic E-state index is 0.0532. The van der Waals surface area contributed by atoms with Crippen LogP contribution in [0.3, 0.4) is 0 Å². The summed E-state index contributed by atoms with van der Waals surface area (Å²) in [5.74, 6) is -3.65. The van der Waals surface area contributed by atoms with Gasteiger partial charge in [0.2, 0.25) is 11.8 Å². The average Bonchev–Trinajstić information content (AvgIpc) is 3.05. The van der Waals surface area contributed by atoms with Gasteiger partial charge in [0.05, 0.1) is 16.9 Å². The van der Waals surface area contributed by atoms with E-state index in [9.17, 15) is 23.9 Å². The number of pyridine rings is 3. The number of likely N-dealkylation sites (N-methyl/N-ethyl adjacent to an activating group) is 1. The first kappa shape index (κ1) is 27.6. The molecule has 0 atom stereocenters. The molecule has 0 unspecified atom stereocenters. The van der Waals surface area contributed by atoms with Gasteiger partial charge in [-0.15, -0.1) is 0 Å². The zero-order valence-electron chi connectivity index (χ0n) is 22.9. The van der Waals surface area contributed by atoms with E-state index in [0.29, 0.717) is 16.9 Å². The molecule has 0 fully saturated rings. The Morgan fingerprint density at radius 2 is 1.85 bits per heavy atom. The monoisotopic (exact) mass is 559 g/mol. The Kier molecular flexibility index (Phi) is 6.90. The van der Waals surface area contributed by atoms with Crippen molar-refractivity contribution in [2.24, 2.45) is 0 Å². The zero-order valence-corrected chi connectivity index (χ0v) is 22.9. The molecule has 41 heavy (non-hydrogen) atoms. The van der Waals surface area contributed by atoms with Gasteiger partial charge in [-0.25, -0.2) is 13.8 Å². The Morgan fingerprint density at radius 3 is 2.51 bits per heavy atom. The highest BCUT2D eigenvalue weighted by molar-refractivity contribution is 6.02. The van der Waals surface area contributed by atoms with Crippen molar-refractivity contribution in [3.05, 3.63) is 88.0 Å². The molecule has 5 rings (SSSR count). The van der Waals surface area contributed by atoms with Gasteiger partial charge < -0.3 is 14.9 Å². The van der Waals surface area contributed by atoms with Crippen LogP contribution in [0.25, 0.3) is 28.0 Å². The number of aromatic nitrogens is 3. The number of aryl methyl sites for hydroxylation is 1. The number of nitrogens with zero attached hydrogens (tertiary/aromatic N) is 5. The summed E-state index contributed by atoms with van der Waals surface area (Å²) in [7, 11) is 1.41. The topological polar surface area (TPSA) is 109 Å². The van der Waals surface area contributed by atoms with Crippen molar-refractivity contribution in [1.82, 2.24) is 19.4 Å². The number of rotatable bonds is 4. The molecule has 0 saturated carbocycles. The molecular weight excluding hydrogens is 532 g/mol. The van der Waals surface area contributed by atoms with E-state index in [0.717, 1.165) is 23.1 Å². The third-order valence-corrected chi connectivity index (χ3v) is 7.21. The predicted molar refractivity (Wildman–Crippen MR) is 150 cm³/mol. The molecule has 1 N–H and O–H groups in total. The van der Waals surface area contributed by atoms with Gasteiger partial charge in [0.15, 0.2) is 5.82 Å². The molecule has 0 radical (unpaired) electrons. The van der Waals surface area contributed by atoms with E-state index in [-0.39, 0.29) is 41.3 Å². The molecule has 0 aliphatic carbocycles. The number of benzene rings is 1. The van der Waals surface area contributed by atoms with E-state index in [1.54, 1.807) is 19.2 Å². The highest BCUT2D eigenvalue weighted by Crippen LogP contribution is 2.37. The van der Waals surface area contributed by atoms with Crippen LogP contribution in [0.1, 0.15) is 36.6 Å². The minimum Gasteiger partial charge on any atom is -0.507 e. The Bertz CT molecular complexity index is 1810. The average molecular weight is 560 g/mol. The van der Waals surface area contributed by atoms with E-state index in [1.807, 2.05) is 13.8 Å². The molecule has 0 saturated heterocycles. The van der Waals surface area contributed by atoms with Gasteiger partial charge in [-0.05, 0) is 48.7 Å². The van der Waals surface area contributed by atoms with Crippen LogP contribution in [-0.2, 0) is 16.1 Å². The van der Waals surface area contributed by atoms with Crippen molar-refractivity contribution >= 4 is 28.5 Å². The third-order valence-electron chi connectivity index (χ3n) is 7.21. The number of hydrogen-bond acceptors (Lipinski definition) is 6. The van der Waals surface area contributed by atoms with Crippen LogP contribution in [0.5, 0.6) is 5.75 Å². The summed E-state index contributed by atoms with van der Waals surface area (Å²) in [4.78, 5) is 51.5. The van der Waals surface area contributed by atoms with Crippen LogP contribution in [0, 0.1) is 18.6 Å². The van der Waals surface area contributed by atoms with Gasteiger partial charge in [-0.3, -0.25) is 23.9 Å². The standard InChI is InChI=1S/C30H27F2N5O4/c1-6-22(39)36-13-18-17-12-20(32)26(24-19(31)8-7-9-21(24)38)34-29(17)37(30(41)28(18)35(5)23(40)14-36)27-16(4)10-11-33-25(27)15(2)3/h6-12,15,38H,1,13-14H2,2-5H3. The number of carbonyl (C=O) groups excluding carboxylic acids is 2. The quantitative estimate of drug-likeness (QED) is 0.373. The van der Waals surface area contributed by atoms with Crippen LogP contribution in [0.2, 0.25) is 0 Å². The van der Waals surface area contributed by atoms with E-state index in [2.05, 4.69) is 16.5 Å². The molecule has 11 heteroatoms. The summed E-state index contributed by atoms with van der Waals surface area (Å²) < 4.78 is 32.0. The summed E-state index contributed by atoms with van der Waals surface area (Å²) in [6.45, 7) is 8.51. The normalized spacial score (nSPS) is 13.5. The van der Waals surface area contributed by atoms with Gasteiger partial charge in [0.1, 0.15) is 35.1 Å². The molecule has 0 bridgehead atoms. The molecule has 4 aromatic rings. The van der Waals surface area contributed by atoms with Gasteiger partial charge in [-0.2, -0.15) is 0 Å². The second-order valence-corrected chi connectivity index (χ2v) is 10.2. The van der Waals surface area contributed by atoms with Crippen molar-refractivity contribution in [3.63, 3.8) is 0 Å².